The van der Waals surface area contributed by atoms with Crippen LogP contribution in [0, 0.1) is 12.7 Å². The lowest BCUT2D eigenvalue weighted by atomic mass is 9.85. The molecule has 6 heteroatoms. The number of fused-ring (bicyclic) bond motifs is 1. The van der Waals surface area contributed by atoms with Gasteiger partial charge in [-0.3, -0.25) is 4.98 Å². The number of carbonyl (C=O) groups is 1. The number of ether oxygens (including phenoxy) is 2. The number of carboxylic acid groups (broad SMARTS) is 1. The number of aliphatic carboxylic acids is 1. The van der Waals surface area contributed by atoms with Crippen LogP contribution in [0.15, 0.2) is 48.7 Å². The van der Waals surface area contributed by atoms with E-state index in [1.54, 1.807) is 33.0 Å². The number of rotatable bonds is 4. The maximum Gasteiger partial charge on any atom is 0.337 e. The van der Waals surface area contributed by atoms with E-state index in [2.05, 4.69) is 4.98 Å². The molecule has 4 aromatic rings. The van der Waals surface area contributed by atoms with E-state index in [1.807, 2.05) is 37.3 Å². The summed E-state index contributed by atoms with van der Waals surface area (Å²) in [6, 6.07) is 12.4. The minimum Gasteiger partial charge on any atom is -0.493 e. The third-order valence-corrected chi connectivity index (χ3v) is 6.16. The van der Waals surface area contributed by atoms with E-state index in [0.29, 0.717) is 45.1 Å². The highest BCUT2D eigenvalue weighted by atomic mass is 19.1. The van der Waals surface area contributed by atoms with Crippen LogP contribution in [0.3, 0.4) is 0 Å². The first-order chi connectivity index (χ1) is 16.2. The van der Waals surface area contributed by atoms with E-state index < -0.39 is 23.5 Å². The third-order valence-electron chi connectivity index (χ3n) is 6.16. The van der Waals surface area contributed by atoms with E-state index in [0.717, 1.165) is 23.1 Å². The highest BCUT2D eigenvalue weighted by molar-refractivity contribution is 6.09. The Bertz CT molecular complexity index is 1440. The summed E-state index contributed by atoms with van der Waals surface area (Å²) in [5.74, 6) is -0.827. The molecule has 2 heterocycles. The van der Waals surface area contributed by atoms with E-state index in [9.17, 15) is 9.90 Å². The van der Waals surface area contributed by atoms with E-state index in [1.165, 1.54) is 6.07 Å². The highest BCUT2D eigenvalue weighted by Gasteiger charge is 2.33. The Morgan fingerprint density at radius 2 is 1.97 bits per heavy atom. The van der Waals surface area contributed by atoms with Crippen molar-refractivity contribution >= 4 is 27.6 Å². The Hall–Kier alpha value is -3.51. The van der Waals surface area contributed by atoms with Gasteiger partial charge in [-0.2, -0.15) is 0 Å². The number of aromatic nitrogens is 1. The van der Waals surface area contributed by atoms with E-state index in [-0.39, 0.29) is 0 Å². The first kappa shape index (κ1) is 22.3. The molecule has 1 aromatic heterocycles. The smallest absolute Gasteiger partial charge is 0.337 e. The molecule has 1 aliphatic rings. The van der Waals surface area contributed by atoms with Crippen molar-refractivity contribution < 1.29 is 23.8 Å². The summed E-state index contributed by atoms with van der Waals surface area (Å²) in [7, 11) is 0. The van der Waals surface area contributed by atoms with Crippen molar-refractivity contribution in [3.8, 4) is 16.9 Å². The normalized spacial score (nSPS) is 14.3. The van der Waals surface area contributed by atoms with Gasteiger partial charge in [-0.05, 0) is 68.5 Å². The molecule has 1 atom stereocenters. The van der Waals surface area contributed by atoms with Crippen molar-refractivity contribution in [3.05, 3.63) is 71.2 Å². The summed E-state index contributed by atoms with van der Waals surface area (Å²) in [5, 5.41) is 12.1. The van der Waals surface area contributed by atoms with Crippen LogP contribution in [0.5, 0.6) is 5.75 Å². The largest absolute Gasteiger partial charge is 0.493 e. The first-order valence-electron chi connectivity index (χ1n) is 11.3. The van der Waals surface area contributed by atoms with Crippen LogP contribution in [-0.2, 0) is 16.0 Å². The van der Waals surface area contributed by atoms with Gasteiger partial charge in [-0.1, -0.05) is 18.2 Å². The lowest BCUT2D eigenvalue weighted by Gasteiger charge is -2.29. The molecule has 34 heavy (non-hydrogen) atoms. The third kappa shape index (κ3) is 3.68. The zero-order chi connectivity index (χ0) is 24.2. The Kier molecular flexibility index (Phi) is 5.29. The maximum atomic E-state index is 15.4. The van der Waals surface area contributed by atoms with Gasteiger partial charge < -0.3 is 14.6 Å². The molecule has 1 N–H and O–H groups in total. The Labute approximate surface area is 197 Å². The summed E-state index contributed by atoms with van der Waals surface area (Å²) in [5.41, 5.74) is 3.32. The molecule has 0 bridgehead atoms. The molecular formula is C28H26FNO4. The van der Waals surface area contributed by atoms with Crippen LogP contribution >= 0.6 is 0 Å². The standard InChI is InChI=1S/C28H26FNO4/c1-15-14-17-6-5-7-19(29)22(17)24(21(15)26(27(31)32)34-28(2,3)4)18-8-9-20-23-16(11-13-33-20)10-12-30-25(18)23/h5-10,12,14,26H,11,13H2,1-4H3,(H,31,32)/t26-/m0/s1. The summed E-state index contributed by atoms with van der Waals surface area (Å²) < 4.78 is 27.4. The number of hydrogen-bond donors (Lipinski definition) is 1. The molecule has 5 nitrogen and oxygen atoms in total. The van der Waals surface area contributed by atoms with Crippen molar-refractivity contribution in [3.63, 3.8) is 0 Å². The van der Waals surface area contributed by atoms with Crippen molar-refractivity contribution in [2.75, 3.05) is 6.61 Å². The minimum absolute atomic E-state index is 0.353. The van der Waals surface area contributed by atoms with Gasteiger partial charge in [0.2, 0.25) is 0 Å². The highest BCUT2D eigenvalue weighted by Crippen LogP contribution is 2.45. The Morgan fingerprint density at radius 1 is 1.18 bits per heavy atom. The molecule has 0 spiro atoms. The number of aryl methyl sites for hydroxylation is 1. The quantitative estimate of drug-likeness (QED) is 0.384. The molecule has 3 aromatic carbocycles. The molecular weight excluding hydrogens is 433 g/mol. The SMILES string of the molecule is Cc1cc2cccc(F)c2c(-c2ccc3c4c(ccnc24)CCO3)c1[C@H](OC(C)(C)C)C(=O)O. The predicted molar refractivity (Wildman–Crippen MR) is 130 cm³/mol. The molecule has 0 radical (unpaired) electrons. The average molecular weight is 460 g/mol. The fourth-order valence-corrected chi connectivity index (χ4v) is 4.88. The van der Waals surface area contributed by atoms with Crippen LogP contribution in [0.25, 0.3) is 32.8 Å². The number of halogens is 1. The van der Waals surface area contributed by atoms with Crippen LogP contribution in [0.2, 0.25) is 0 Å². The average Bonchev–Trinajstić information content (AvgIpc) is 2.77. The van der Waals surface area contributed by atoms with Gasteiger partial charge in [-0.15, -0.1) is 0 Å². The number of hydrogen-bond acceptors (Lipinski definition) is 4. The number of nitrogens with zero attached hydrogens (tertiary/aromatic N) is 1. The second-order valence-electron chi connectivity index (χ2n) is 9.67. The molecule has 0 saturated heterocycles. The van der Waals surface area contributed by atoms with E-state index in [4.69, 9.17) is 9.47 Å². The number of benzene rings is 3. The molecule has 0 saturated carbocycles. The minimum atomic E-state index is -1.29. The summed E-state index contributed by atoms with van der Waals surface area (Å²) in [6.07, 6.45) is 1.20. The Morgan fingerprint density at radius 3 is 2.71 bits per heavy atom. The fourth-order valence-electron chi connectivity index (χ4n) is 4.88. The van der Waals surface area contributed by atoms with Crippen LogP contribution in [0.4, 0.5) is 4.39 Å². The summed E-state index contributed by atoms with van der Waals surface area (Å²) in [6.45, 7) is 7.84. The molecule has 0 aliphatic carbocycles. The zero-order valence-corrected chi connectivity index (χ0v) is 19.6. The fraction of sp³-hybridized carbons (Fsp3) is 0.286. The molecule has 0 unspecified atom stereocenters. The topological polar surface area (TPSA) is 68.7 Å². The van der Waals surface area contributed by atoms with Crippen LogP contribution in [0.1, 0.15) is 43.6 Å². The summed E-state index contributed by atoms with van der Waals surface area (Å²) >= 11 is 0. The van der Waals surface area contributed by atoms with E-state index >= 15 is 4.39 Å². The monoisotopic (exact) mass is 459 g/mol. The lowest BCUT2D eigenvalue weighted by molar-refractivity contribution is -0.160. The number of pyridine rings is 1. The first-order valence-corrected chi connectivity index (χ1v) is 11.3. The van der Waals surface area contributed by atoms with Crippen LogP contribution in [-0.4, -0.2) is 28.3 Å². The van der Waals surface area contributed by atoms with Gasteiger partial charge in [-0.25, -0.2) is 9.18 Å². The van der Waals surface area contributed by atoms with Crippen molar-refractivity contribution in [2.24, 2.45) is 0 Å². The molecule has 0 amide bonds. The van der Waals surface area contributed by atoms with Gasteiger partial charge in [0.25, 0.3) is 0 Å². The Balaban J connectivity index is 1.94. The second-order valence-corrected chi connectivity index (χ2v) is 9.67. The van der Waals surface area contributed by atoms with Crippen molar-refractivity contribution in [1.82, 2.24) is 4.98 Å². The van der Waals surface area contributed by atoms with Crippen LogP contribution < -0.4 is 4.74 Å². The van der Waals surface area contributed by atoms with Gasteiger partial charge >= 0.3 is 5.97 Å². The summed E-state index contributed by atoms with van der Waals surface area (Å²) in [4.78, 5) is 17.2. The second kappa shape index (κ2) is 8.06. The molecule has 0 fully saturated rings. The zero-order valence-electron chi connectivity index (χ0n) is 19.6. The van der Waals surface area contributed by atoms with Crippen molar-refractivity contribution in [2.45, 2.75) is 45.8 Å². The van der Waals surface area contributed by atoms with Gasteiger partial charge in [0.15, 0.2) is 6.10 Å². The van der Waals surface area contributed by atoms with Gasteiger partial charge in [0, 0.05) is 40.1 Å². The van der Waals surface area contributed by atoms with Crippen molar-refractivity contribution in [1.29, 1.82) is 0 Å². The molecule has 174 valence electrons. The maximum absolute atomic E-state index is 15.4. The lowest BCUT2D eigenvalue weighted by Crippen LogP contribution is -2.28. The van der Waals surface area contributed by atoms with Gasteiger partial charge in [0.1, 0.15) is 11.6 Å². The molecule has 1 aliphatic heterocycles. The predicted octanol–water partition coefficient (Wildman–Crippen LogP) is 6.38. The molecule has 5 rings (SSSR count). The van der Waals surface area contributed by atoms with Gasteiger partial charge in [0.05, 0.1) is 17.7 Å². The number of carboxylic acids is 1.